The van der Waals surface area contributed by atoms with Crippen molar-refractivity contribution in [2.75, 3.05) is 13.2 Å². The van der Waals surface area contributed by atoms with Gasteiger partial charge in [0.25, 0.3) is 0 Å². The van der Waals surface area contributed by atoms with Gasteiger partial charge in [0.1, 0.15) is 5.75 Å². The highest BCUT2D eigenvalue weighted by Crippen LogP contribution is 2.15. The molecule has 0 radical (unpaired) electrons. The van der Waals surface area contributed by atoms with Gasteiger partial charge in [-0.2, -0.15) is 0 Å². The summed E-state index contributed by atoms with van der Waals surface area (Å²) in [6.45, 7) is 2.55. The van der Waals surface area contributed by atoms with E-state index in [1.54, 1.807) is 6.92 Å². The first-order valence-electron chi connectivity index (χ1n) is 7.19. The van der Waals surface area contributed by atoms with E-state index in [9.17, 15) is 4.79 Å². The van der Waals surface area contributed by atoms with Gasteiger partial charge in [-0.15, -0.1) is 0 Å². The molecule has 3 nitrogen and oxygen atoms in total. The number of carbonyl (C=O) groups is 1. The van der Waals surface area contributed by atoms with E-state index in [1.807, 2.05) is 42.5 Å². The predicted molar refractivity (Wildman–Crippen MR) is 82.4 cm³/mol. The summed E-state index contributed by atoms with van der Waals surface area (Å²) >= 11 is 0. The van der Waals surface area contributed by atoms with Crippen LogP contribution in [-0.2, 0) is 16.0 Å². The molecule has 0 saturated heterocycles. The lowest BCUT2D eigenvalue weighted by molar-refractivity contribution is -0.143. The monoisotopic (exact) mass is 284 g/mol. The number of hydrogen-bond acceptors (Lipinski definition) is 3. The molecule has 0 N–H and O–H groups in total. The lowest BCUT2D eigenvalue weighted by atomic mass is 10.1. The van der Waals surface area contributed by atoms with Crippen LogP contribution in [-0.4, -0.2) is 19.2 Å². The highest BCUT2D eigenvalue weighted by atomic mass is 16.5. The van der Waals surface area contributed by atoms with Gasteiger partial charge in [-0.3, -0.25) is 4.79 Å². The molecule has 0 heterocycles. The van der Waals surface area contributed by atoms with Gasteiger partial charge in [-0.25, -0.2) is 0 Å². The molecule has 2 rings (SSSR count). The van der Waals surface area contributed by atoms with E-state index in [0.29, 0.717) is 13.2 Å². The molecule has 0 aliphatic heterocycles. The molecule has 110 valence electrons. The summed E-state index contributed by atoms with van der Waals surface area (Å²) in [5.41, 5.74) is 2.52. The Hall–Kier alpha value is -2.29. The number of carbonyl (C=O) groups excluding carboxylic acids is 1. The predicted octanol–water partition coefficient (Wildman–Crippen LogP) is 3.61. The first kappa shape index (κ1) is 15.1. The van der Waals surface area contributed by atoms with Crippen LogP contribution < -0.4 is 4.74 Å². The number of hydrogen-bond donors (Lipinski definition) is 0. The fraction of sp³-hybridized carbons (Fsp3) is 0.278. The lowest BCUT2D eigenvalue weighted by Crippen LogP contribution is -2.09. The molecule has 0 saturated carbocycles. The molecule has 3 heteroatoms. The van der Waals surface area contributed by atoms with Crippen LogP contribution in [0.2, 0.25) is 0 Å². The number of rotatable bonds is 7. The Labute approximate surface area is 125 Å². The fourth-order valence-electron chi connectivity index (χ4n) is 2.02. The minimum Gasteiger partial charge on any atom is -0.493 e. The molecule has 0 aliphatic carbocycles. The van der Waals surface area contributed by atoms with Crippen molar-refractivity contribution in [3.05, 3.63) is 65.7 Å². The Balaban J connectivity index is 1.80. The summed E-state index contributed by atoms with van der Waals surface area (Å²) in [5, 5.41) is 0. The fourth-order valence-corrected chi connectivity index (χ4v) is 2.02. The minimum atomic E-state index is -0.224. The van der Waals surface area contributed by atoms with E-state index < -0.39 is 0 Å². The highest BCUT2D eigenvalue weighted by Gasteiger charge is 2.02. The third-order valence-corrected chi connectivity index (χ3v) is 3.05. The van der Waals surface area contributed by atoms with Gasteiger partial charge in [-0.1, -0.05) is 42.5 Å². The Morgan fingerprint density at radius 3 is 2.29 bits per heavy atom. The van der Waals surface area contributed by atoms with Gasteiger partial charge >= 0.3 is 5.97 Å². The van der Waals surface area contributed by atoms with Gasteiger partial charge in [0, 0.05) is 0 Å². The van der Waals surface area contributed by atoms with Crippen molar-refractivity contribution >= 4 is 5.97 Å². The maximum Gasteiger partial charge on any atom is 0.309 e. The van der Waals surface area contributed by atoms with Crippen LogP contribution >= 0.6 is 0 Å². The Bertz CT molecular complexity index is 546. The Kier molecular flexibility index (Phi) is 5.83. The second-order valence-corrected chi connectivity index (χ2v) is 4.71. The van der Waals surface area contributed by atoms with Gasteiger partial charge < -0.3 is 9.47 Å². The van der Waals surface area contributed by atoms with Crippen LogP contribution in [0.4, 0.5) is 0 Å². The van der Waals surface area contributed by atoms with Crippen LogP contribution in [0.3, 0.4) is 0 Å². The summed E-state index contributed by atoms with van der Waals surface area (Å²) in [6.07, 6.45) is 1.18. The van der Waals surface area contributed by atoms with Crippen molar-refractivity contribution in [2.24, 2.45) is 0 Å². The van der Waals surface area contributed by atoms with Crippen molar-refractivity contribution in [3.63, 3.8) is 0 Å². The maximum atomic E-state index is 11.2. The minimum absolute atomic E-state index is 0.224. The molecule has 21 heavy (non-hydrogen) atoms. The van der Waals surface area contributed by atoms with Crippen LogP contribution in [0, 0.1) is 0 Å². The summed E-state index contributed by atoms with van der Waals surface area (Å²) in [6, 6.07) is 18.3. The Morgan fingerprint density at radius 2 is 1.62 bits per heavy atom. The third-order valence-electron chi connectivity index (χ3n) is 3.05. The van der Waals surface area contributed by atoms with E-state index in [2.05, 4.69) is 12.1 Å². The SMILES string of the molecule is CCOC(=O)CCOc1ccc(Cc2ccccc2)cc1. The maximum absolute atomic E-state index is 11.2. The average Bonchev–Trinajstić information content (AvgIpc) is 2.50. The lowest BCUT2D eigenvalue weighted by Gasteiger charge is -2.07. The zero-order valence-electron chi connectivity index (χ0n) is 12.2. The van der Waals surface area contributed by atoms with Crippen molar-refractivity contribution in [1.29, 1.82) is 0 Å². The number of esters is 1. The molecule has 0 unspecified atom stereocenters. The van der Waals surface area contributed by atoms with Crippen molar-refractivity contribution in [1.82, 2.24) is 0 Å². The van der Waals surface area contributed by atoms with Crippen molar-refractivity contribution < 1.29 is 14.3 Å². The molecule has 0 fully saturated rings. The van der Waals surface area contributed by atoms with Crippen molar-refractivity contribution in [2.45, 2.75) is 19.8 Å². The molecule has 0 amide bonds. The van der Waals surface area contributed by atoms with E-state index in [-0.39, 0.29) is 12.4 Å². The summed E-state index contributed by atoms with van der Waals surface area (Å²) in [5.74, 6) is 0.550. The second-order valence-electron chi connectivity index (χ2n) is 4.71. The molecule has 0 aliphatic rings. The van der Waals surface area contributed by atoms with Crippen LogP contribution in [0.1, 0.15) is 24.5 Å². The molecule has 0 aromatic heterocycles. The first-order valence-corrected chi connectivity index (χ1v) is 7.19. The van der Waals surface area contributed by atoms with Crippen LogP contribution in [0.15, 0.2) is 54.6 Å². The van der Waals surface area contributed by atoms with Crippen LogP contribution in [0.25, 0.3) is 0 Å². The standard InChI is InChI=1S/C18H20O3/c1-2-20-18(19)12-13-21-17-10-8-16(9-11-17)14-15-6-4-3-5-7-15/h3-11H,2,12-14H2,1H3. The van der Waals surface area contributed by atoms with E-state index in [0.717, 1.165) is 12.2 Å². The summed E-state index contributed by atoms with van der Waals surface area (Å²) < 4.78 is 10.4. The summed E-state index contributed by atoms with van der Waals surface area (Å²) in [4.78, 5) is 11.2. The zero-order chi connectivity index (χ0) is 14.9. The highest BCUT2D eigenvalue weighted by molar-refractivity contribution is 5.69. The Morgan fingerprint density at radius 1 is 0.952 bits per heavy atom. The number of ether oxygens (including phenoxy) is 2. The molecule has 2 aromatic carbocycles. The normalized spacial score (nSPS) is 10.1. The largest absolute Gasteiger partial charge is 0.493 e. The van der Waals surface area contributed by atoms with Gasteiger partial charge in [0.15, 0.2) is 0 Å². The van der Waals surface area contributed by atoms with E-state index in [1.165, 1.54) is 11.1 Å². The smallest absolute Gasteiger partial charge is 0.309 e. The third kappa shape index (κ3) is 5.30. The quantitative estimate of drug-likeness (QED) is 0.729. The molecule has 2 aromatic rings. The average molecular weight is 284 g/mol. The van der Waals surface area contributed by atoms with Gasteiger partial charge in [0.05, 0.1) is 19.6 Å². The number of benzene rings is 2. The van der Waals surface area contributed by atoms with E-state index >= 15 is 0 Å². The first-order chi connectivity index (χ1) is 10.3. The second kappa shape index (κ2) is 8.10. The van der Waals surface area contributed by atoms with Crippen molar-refractivity contribution in [3.8, 4) is 5.75 Å². The van der Waals surface area contributed by atoms with Crippen LogP contribution in [0.5, 0.6) is 5.75 Å². The topological polar surface area (TPSA) is 35.5 Å². The molecular formula is C18H20O3. The molecular weight excluding hydrogens is 264 g/mol. The van der Waals surface area contributed by atoms with E-state index in [4.69, 9.17) is 9.47 Å². The summed E-state index contributed by atoms with van der Waals surface area (Å²) in [7, 11) is 0. The molecule has 0 atom stereocenters. The molecule has 0 spiro atoms. The van der Waals surface area contributed by atoms with Gasteiger partial charge in [0.2, 0.25) is 0 Å². The molecule has 0 bridgehead atoms. The van der Waals surface area contributed by atoms with Gasteiger partial charge in [-0.05, 0) is 36.6 Å². The zero-order valence-corrected chi connectivity index (χ0v) is 12.2.